The summed E-state index contributed by atoms with van der Waals surface area (Å²) in [4.78, 5) is 0. The summed E-state index contributed by atoms with van der Waals surface area (Å²) in [6.45, 7) is 10.3. The molecular formula is C11H21NS. The topological polar surface area (TPSA) is 12.0 Å². The van der Waals surface area contributed by atoms with E-state index in [4.69, 9.17) is 0 Å². The average Bonchev–Trinajstić information content (AvgIpc) is 2.27. The van der Waals surface area contributed by atoms with Crippen molar-refractivity contribution < 1.29 is 0 Å². The maximum absolute atomic E-state index is 3.57. The number of thioether (sulfide) groups is 1. The molecule has 1 aliphatic rings. The molecule has 1 N–H and O–H groups in total. The van der Waals surface area contributed by atoms with Gasteiger partial charge in [0.15, 0.2) is 0 Å². The van der Waals surface area contributed by atoms with Crippen molar-refractivity contribution in [3.8, 4) is 0 Å². The van der Waals surface area contributed by atoms with Crippen molar-refractivity contribution in [3.63, 3.8) is 0 Å². The second-order valence-corrected chi connectivity index (χ2v) is 5.33. The predicted octanol–water partition coefficient (Wildman–Crippen LogP) is 2.89. The Morgan fingerprint density at radius 1 is 1.15 bits per heavy atom. The minimum Gasteiger partial charge on any atom is -0.387 e. The van der Waals surface area contributed by atoms with Crippen LogP contribution >= 0.6 is 11.8 Å². The van der Waals surface area contributed by atoms with Crippen molar-refractivity contribution >= 4 is 11.8 Å². The lowest BCUT2D eigenvalue weighted by Gasteiger charge is -2.19. The van der Waals surface area contributed by atoms with Crippen molar-refractivity contribution in [1.29, 1.82) is 0 Å². The fourth-order valence-corrected chi connectivity index (χ4v) is 2.78. The first-order valence-electron chi connectivity index (χ1n) is 5.17. The van der Waals surface area contributed by atoms with Crippen LogP contribution in [0.15, 0.2) is 11.3 Å². The molecule has 0 aromatic rings. The van der Waals surface area contributed by atoms with Gasteiger partial charge in [-0.25, -0.2) is 0 Å². The fourth-order valence-electron chi connectivity index (χ4n) is 1.68. The van der Waals surface area contributed by atoms with E-state index in [1.165, 1.54) is 17.2 Å². The summed E-state index contributed by atoms with van der Waals surface area (Å²) in [5.74, 6) is 3.80. The zero-order chi connectivity index (χ0) is 9.84. The van der Waals surface area contributed by atoms with Gasteiger partial charge in [-0.3, -0.25) is 0 Å². The third-order valence-corrected chi connectivity index (χ3v) is 3.45. The molecule has 1 aliphatic heterocycles. The first-order chi connectivity index (χ1) is 6.13. The summed E-state index contributed by atoms with van der Waals surface area (Å²) < 4.78 is 0. The van der Waals surface area contributed by atoms with Gasteiger partial charge in [0, 0.05) is 23.7 Å². The molecule has 0 aromatic heterocycles. The Morgan fingerprint density at radius 3 is 2.38 bits per heavy atom. The molecule has 0 bridgehead atoms. The number of nitrogens with one attached hydrogen (secondary N) is 1. The smallest absolute Gasteiger partial charge is 0.0235 e. The van der Waals surface area contributed by atoms with Gasteiger partial charge in [0.05, 0.1) is 0 Å². The lowest BCUT2D eigenvalue weighted by molar-refractivity contribution is 0.628. The van der Waals surface area contributed by atoms with Crippen molar-refractivity contribution in [1.82, 2.24) is 5.32 Å². The van der Waals surface area contributed by atoms with Crippen LogP contribution in [0.5, 0.6) is 0 Å². The molecule has 0 aromatic carbocycles. The molecule has 0 aliphatic carbocycles. The van der Waals surface area contributed by atoms with Crippen LogP contribution in [0.1, 0.15) is 27.7 Å². The van der Waals surface area contributed by atoms with Gasteiger partial charge in [-0.15, -0.1) is 0 Å². The van der Waals surface area contributed by atoms with E-state index in [1.807, 2.05) is 0 Å². The largest absolute Gasteiger partial charge is 0.387 e. The minimum atomic E-state index is 0.649. The molecule has 2 heteroatoms. The number of hydrogen-bond acceptors (Lipinski definition) is 2. The van der Waals surface area contributed by atoms with Gasteiger partial charge < -0.3 is 5.32 Å². The third-order valence-electron chi connectivity index (χ3n) is 2.44. The van der Waals surface area contributed by atoms with Crippen LogP contribution in [0.2, 0.25) is 0 Å². The van der Waals surface area contributed by atoms with E-state index in [2.05, 4.69) is 44.8 Å². The van der Waals surface area contributed by atoms with Crippen LogP contribution in [0.4, 0.5) is 0 Å². The molecule has 13 heavy (non-hydrogen) atoms. The minimum absolute atomic E-state index is 0.649. The predicted molar refractivity (Wildman–Crippen MR) is 62.0 cm³/mol. The molecule has 0 saturated carbocycles. The van der Waals surface area contributed by atoms with Gasteiger partial charge in [0.1, 0.15) is 0 Å². The van der Waals surface area contributed by atoms with E-state index in [0.29, 0.717) is 11.8 Å². The van der Waals surface area contributed by atoms with Crippen molar-refractivity contribution in [2.45, 2.75) is 27.7 Å². The second kappa shape index (κ2) is 4.94. The summed E-state index contributed by atoms with van der Waals surface area (Å²) in [6.07, 6.45) is 0. The van der Waals surface area contributed by atoms with E-state index >= 15 is 0 Å². The fraction of sp³-hybridized carbons (Fsp3) is 0.818. The summed E-state index contributed by atoms with van der Waals surface area (Å²) in [6, 6.07) is 0. The van der Waals surface area contributed by atoms with Crippen LogP contribution in [0.25, 0.3) is 0 Å². The Labute approximate surface area is 86.4 Å². The van der Waals surface area contributed by atoms with E-state index in [0.717, 1.165) is 6.54 Å². The van der Waals surface area contributed by atoms with Crippen molar-refractivity contribution in [2.24, 2.45) is 11.8 Å². The normalized spacial score (nSPS) is 19.2. The van der Waals surface area contributed by atoms with E-state index in [9.17, 15) is 0 Å². The Balaban J connectivity index is 2.85. The number of rotatable bonds is 2. The maximum atomic E-state index is 3.57. The molecular weight excluding hydrogens is 178 g/mol. The highest BCUT2D eigenvalue weighted by atomic mass is 32.2. The monoisotopic (exact) mass is 199 g/mol. The van der Waals surface area contributed by atoms with Crippen LogP contribution in [0, 0.1) is 11.8 Å². The standard InChI is InChI=1S/C11H21NS/c1-8(2)10-7-13-6-5-12-11(10)9(3)4/h8-9,12H,5-7H2,1-4H3. The van der Waals surface area contributed by atoms with Crippen LogP contribution in [-0.4, -0.2) is 18.1 Å². The average molecular weight is 199 g/mol. The lowest BCUT2D eigenvalue weighted by atomic mass is 9.97. The SMILES string of the molecule is CC(C)C1=C(C(C)C)NCCSC1. The van der Waals surface area contributed by atoms with Crippen molar-refractivity contribution in [2.75, 3.05) is 18.1 Å². The lowest BCUT2D eigenvalue weighted by Crippen LogP contribution is -2.21. The molecule has 0 fully saturated rings. The highest BCUT2D eigenvalue weighted by Crippen LogP contribution is 2.25. The quantitative estimate of drug-likeness (QED) is 0.734. The maximum Gasteiger partial charge on any atom is 0.0235 e. The van der Waals surface area contributed by atoms with Crippen LogP contribution in [0.3, 0.4) is 0 Å². The molecule has 0 saturated heterocycles. The molecule has 0 unspecified atom stereocenters. The highest BCUT2D eigenvalue weighted by molar-refractivity contribution is 7.99. The van der Waals surface area contributed by atoms with Crippen molar-refractivity contribution in [3.05, 3.63) is 11.3 Å². The molecule has 0 radical (unpaired) electrons. The highest BCUT2D eigenvalue weighted by Gasteiger charge is 2.15. The zero-order valence-electron chi connectivity index (χ0n) is 9.18. The number of allylic oxidation sites excluding steroid dienone is 1. The Morgan fingerprint density at radius 2 is 1.85 bits per heavy atom. The van der Waals surface area contributed by atoms with Gasteiger partial charge in [0.2, 0.25) is 0 Å². The molecule has 0 spiro atoms. The van der Waals surface area contributed by atoms with Gasteiger partial charge in [-0.2, -0.15) is 11.8 Å². The second-order valence-electron chi connectivity index (χ2n) is 4.23. The summed E-state index contributed by atoms with van der Waals surface area (Å²) >= 11 is 2.05. The molecule has 1 heterocycles. The van der Waals surface area contributed by atoms with Gasteiger partial charge in [0.25, 0.3) is 0 Å². The Kier molecular flexibility index (Phi) is 4.17. The van der Waals surface area contributed by atoms with Crippen LogP contribution < -0.4 is 5.32 Å². The summed E-state index contributed by atoms with van der Waals surface area (Å²) in [7, 11) is 0. The van der Waals surface area contributed by atoms with Gasteiger partial charge in [-0.1, -0.05) is 27.7 Å². The molecule has 1 rings (SSSR count). The summed E-state index contributed by atoms with van der Waals surface area (Å²) in [5, 5.41) is 3.57. The van der Waals surface area contributed by atoms with E-state index in [1.54, 1.807) is 5.57 Å². The molecule has 1 nitrogen and oxygen atoms in total. The first-order valence-corrected chi connectivity index (χ1v) is 6.33. The molecule has 76 valence electrons. The zero-order valence-corrected chi connectivity index (χ0v) is 10.0. The molecule has 0 atom stereocenters. The third kappa shape index (κ3) is 2.94. The van der Waals surface area contributed by atoms with E-state index < -0.39 is 0 Å². The summed E-state index contributed by atoms with van der Waals surface area (Å²) in [5.41, 5.74) is 3.12. The first kappa shape index (κ1) is 11.0. The molecule has 0 amide bonds. The Bertz CT molecular complexity index is 174. The van der Waals surface area contributed by atoms with Crippen LogP contribution in [-0.2, 0) is 0 Å². The Hall–Kier alpha value is -0.110. The van der Waals surface area contributed by atoms with Gasteiger partial charge >= 0.3 is 0 Å². The number of hydrogen-bond donors (Lipinski definition) is 1. The van der Waals surface area contributed by atoms with E-state index in [-0.39, 0.29) is 0 Å². The van der Waals surface area contributed by atoms with Gasteiger partial charge in [-0.05, 0) is 17.4 Å².